The van der Waals surface area contributed by atoms with Crippen LogP contribution >= 0.6 is 23.2 Å². The normalized spacial score (nSPS) is 25.6. The lowest BCUT2D eigenvalue weighted by Gasteiger charge is -2.41. The summed E-state index contributed by atoms with van der Waals surface area (Å²) < 4.78 is 16.9. The predicted octanol–water partition coefficient (Wildman–Crippen LogP) is 4.49. The van der Waals surface area contributed by atoms with Gasteiger partial charge in [0.05, 0.1) is 14.2 Å². The molecule has 0 bridgehead atoms. The van der Waals surface area contributed by atoms with E-state index in [1.807, 2.05) is 0 Å². The van der Waals surface area contributed by atoms with E-state index in [-0.39, 0.29) is 46.6 Å². The summed E-state index contributed by atoms with van der Waals surface area (Å²) in [6.07, 6.45) is 0.337. The molecule has 9 heteroatoms. The van der Waals surface area contributed by atoms with Crippen molar-refractivity contribution in [2.45, 2.75) is 31.3 Å². The van der Waals surface area contributed by atoms with Gasteiger partial charge in [0, 0.05) is 40.6 Å². The van der Waals surface area contributed by atoms with Gasteiger partial charge in [-0.25, -0.2) is 0 Å². The van der Waals surface area contributed by atoms with Gasteiger partial charge in [-0.15, -0.1) is 0 Å². The molecule has 2 aromatic rings. The Morgan fingerprint density at radius 2 is 1.68 bits per heavy atom. The zero-order valence-electron chi connectivity index (χ0n) is 18.7. The number of benzene rings is 2. The molecule has 3 aliphatic rings. The summed E-state index contributed by atoms with van der Waals surface area (Å²) in [6, 6.07) is 8.48. The molecule has 1 spiro atoms. The highest BCUT2D eigenvalue weighted by atomic mass is 35.5. The molecule has 0 fully saturated rings. The highest BCUT2D eigenvalue weighted by Crippen LogP contribution is 2.55. The average molecular weight is 502 g/mol. The maximum atomic E-state index is 14.2. The van der Waals surface area contributed by atoms with E-state index in [9.17, 15) is 14.4 Å². The van der Waals surface area contributed by atoms with E-state index < -0.39 is 29.0 Å². The van der Waals surface area contributed by atoms with Crippen LogP contribution in [0.1, 0.15) is 41.6 Å². The van der Waals surface area contributed by atoms with E-state index in [1.165, 1.54) is 20.3 Å². The number of fused-ring (bicyclic) bond motifs is 1. The molecule has 5 rings (SSSR count). The second-order valence-corrected chi connectivity index (χ2v) is 9.46. The van der Waals surface area contributed by atoms with Crippen LogP contribution in [0.25, 0.3) is 0 Å². The fourth-order valence-electron chi connectivity index (χ4n) is 5.17. The van der Waals surface area contributed by atoms with Crippen molar-refractivity contribution in [2.75, 3.05) is 14.2 Å². The fourth-order valence-corrected chi connectivity index (χ4v) is 5.56. The molecule has 2 aromatic carbocycles. The molecule has 0 aromatic heterocycles. The number of hydrogen-bond donors (Lipinski definition) is 1. The van der Waals surface area contributed by atoms with Crippen LogP contribution in [0.2, 0.25) is 10.0 Å². The highest BCUT2D eigenvalue weighted by molar-refractivity contribution is 6.36. The number of hydrogen-bond acceptors (Lipinski definition) is 6. The van der Waals surface area contributed by atoms with Crippen LogP contribution in [0, 0.1) is 5.92 Å². The van der Waals surface area contributed by atoms with Crippen LogP contribution in [-0.2, 0) is 9.59 Å². The minimum absolute atomic E-state index is 0.0648. The summed E-state index contributed by atoms with van der Waals surface area (Å²) in [4.78, 5) is 40.6. The Hall–Kier alpha value is -3.03. The van der Waals surface area contributed by atoms with Gasteiger partial charge < -0.3 is 19.5 Å². The number of halogens is 2. The molecule has 3 unspecified atom stereocenters. The van der Waals surface area contributed by atoms with Crippen molar-refractivity contribution in [1.82, 2.24) is 5.32 Å². The molecule has 176 valence electrons. The first-order chi connectivity index (χ1) is 16.2. The van der Waals surface area contributed by atoms with Crippen molar-refractivity contribution < 1.29 is 28.6 Å². The minimum Gasteiger partial charge on any atom is -0.496 e. The number of carbonyl (C=O) groups is 3. The summed E-state index contributed by atoms with van der Waals surface area (Å²) in [5.74, 6) is -1.76. The first kappa shape index (κ1) is 22.7. The van der Waals surface area contributed by atoms with E-state index >= 15 is 0 Å². The molecular formula is C25H21Cl2NO6. The van der Waals surface area contributed by atoms with E-state index in [4.69, 9.17) is 37.4 Å². The maximum Gasteiger partial charge on any atom is 0.236 e. The van der Waals surface area contributed by atoms with Crippen molar-refractivity contribution in [2.24, 2.45) is 5.92 Å². The molecule has 1 amide bonds. The number of ketones is 2. The number of amides is 1. The van der Waals surface area contributed by atoms with Gasteiger partial charge in [-0.05, 0) is 24.1 Å². The third kappa shape index (κ3) is 3.07. The Bertz CT molecular complexity index is 1290. The summed E-state index contributed by atoms with van der Waals surface area (Å²) in [5, 5.41) is 3.47. The zero-order chi connectivity index (χ0) is 24.4. The molecule has 0 radical (unpaired) electrons. The standard InChI is InChI=1S/C25H21Cl2NO6/c1-11-8-15-19(14(9-18(29)28-15)12-4-6-13(26)7-5-12)23(30)25(11)24(31)20-16(32-2)10-17(33-3)21(27)22(20)34-25/h4-7,10-11,14H,8-9H2,1-3H3,(H,28,29). The second kappa shape index (κ2) is 8.03. The number of carbonyl (C=O) groups excluding carboxylic acids is 3. The van der Waals surface area contributed by atoms with E-state index in [0.717, 1.165) is 5.56 Å². The number of rotatable bonds is 3. The smallest absolute Gasteiger partial charge is 0.236 e. The molecule has 0 saturated carbocycles. The summed E-state index contributed by atoms with van der Waals surface area (Å²) in [7, 11) is 2.85. The first-order valence-electron chi connectivity index (χ1n) is 10.7. The quantitative estimate of drug-likeness (QED) is 0.623. The fraction of sp³-hybridized carbons (Fsp3) is 0.320. The van der Waals surface area contributed by atoms with Crippen molar-refractivity contribution in [3.63, 3.8) is 0 Å². The molecular weight excluding hydrogens is 481 g/mol. The van der Waals surface area contributed by atoms with Crippen molar-refractivity contribution in [3.05, 3.63) is 62.8 Å². The van der Waals surface area contributed by atoms with Gasteiger partial charge in [-0.1, -0.05) is 42.3 Å². The van der Waals surface area contributed by atoms with Gasteiger partial charge in [-0.3, -0.25) is 14.4 Å². The van der Waals surface area contributed by atoms with E-state index in [0.29, 0.717) is 16.3 Å². The van der Waals surface area contributed by atoms with Crippen molar-refractivity contribution in [1.29, 1.82) is 0 Å². The monoisotopic (exact) mass is 501 g/mol. The van der Waals surface area contributed by atoms with Gasteiger partial charge in [0.15, 0.2) is 5.75 Å². The second-order valence-electron chi connectivity index (χ2n) is 8.65. The summed E-state index contributed by atoms with van der Waals surface area (Å²) in [6.45, 7) is 1.75. The molecule has 0 saturated heterocycles. The van der Waals surface area contributed by atoms with Crippen LogP contribution in [0.15, 0.2) is 41.6 Å². The lowest BCUT2D eigenvalue weighted by atomic mass is 9.66. The average Bonchev–Trinajstić information content (AvgIpc) is 3.13. The summed E-state index contributed by atoms with van der Waals surface area (Å²) in [5.41, 5.74) is -0.0759. The molecule has 2 aliphatic heterocycles. The maximum absolute atomic E-state index is 14.2. The van der Waals surface area contributed by atoms with Gasteiger partial charge in [0.1, 0.15) is 22.1 Å². The molecule has 7 nitrogen and oxygen atoms in total. The Labute approximate surface area is 206 Å². The van der Waals surface area contributed by atoms with Crippen LogP contribution in [0.5, 0.6) is 17.2 Å². The zero-order valence-corrected chi connectivity index (χ0v) is 20.2. The first-order valence-corrected chi connectivity index (χ1v) is 11.5. The number of Topliss-reactive ketones (excluding diaryl/α,β-unsaturated/α-hetero) is 2. The van der Waals surface area contributed by atoms with E-state index in [2.05, 4.69) is 5.32 Å². The van der Waals surface area contributed by atoms with Gasteiger partial charge >= 0.3 is 0 Å². The minimum atomic E-state index is -1.82. The Morgan fingerprint density at radius 1 is 1.00 bits per heavy atom. The van der Waals surface area contributed by atoms with Crippen LogP contribution in [0.3, 0.4) is 0 Å². The highest BCUT2D eigenvalue weighted by Gasteiger charge is 2.63. The lowest BCUT2D eigenvalue weighted by molar-refractivity contribution is -0.131. The van der Waals surface area contributed by atoms with Crippen LogP contribution < -0.4 is 19.5 Å². The molecule has 1 aliphatic carbocycles. The van der Waals surface area contributed by atoms with Gasteiger partial charge in [0.25, 0.3) is 0 Å². The SMILES string of the molecule is COc1cc(OC)c2c(c1Cl)OC1(C(=O)C3=C(CC1C)NC(=O)CC3c1ccc(Cl)cc1)C2=O. The molecule has 1 N–H and O–H groups in total. The summed E-state index contributed by atoms with van der Waals surface area (Å²) >= 11 is 12.5. The number of methoxy groups -OCH3 is 2. The van der Waals surface area contributed by atoms with Crippen LogP contribution in [-0.4, -0.2) is 37.3 Å². The number of nitrogens with one attached hydrogen (secondary N) is 1. The topological polar surface area (TPSA) is 90.9 Å². The van der Waals surface area contributed by atoms with Crippen molar-refractivity contribution >= 4 is 40.7 Å². The van der Waals surface area contributed by atoms with Gasteiger partial charge in [0.2, 0.25) is 23.1 Å². The Balaban J connectivity index is 1.67. The van der Waals surface area contributed by atoms with Gasteiger partial charge in [-0.2, -0.15) is 0 Å². The third-order valence-corrected chi connectivity index (χ3v) is 7.44. The third-order valence-electron chi connectivity index (χ3n) is 6.83. The van der Waals surface area contributed by atoms with Crippen LogP contribution in [0.4, 0.5) is 0 Å². The largest absolute Gasteiger partial charge is 0.496 e. The molecule has 3 atom stereocenters. The molecule has 2 heterocycles. The predicted molar refractivity (Wildman–Crippen MR) is 125 cm³/mol. The Morgan fingerprint density at radius 3 is 2.32 bits per heavy atom. The Kier molecular flexibility index (Phi) is 5.37. The molecule has 34 heavy (non-hydrogen) atoms. The number of allylic oxidation sites excluding steroid dienone is 1. The lowest BCUT2D eigenvalue weighted by Crippen LogP contribution is -2.59. The van der Waals surface area contributed by atoms with Crippen molar-refractivity contribution in [3.8, 4) is 17.2 Å². The van der Waals surface area contributed by atoms with E-state index in [1.54, 1.807) is 31.2 Å². The number of ether oxygens (including phenoxy) is 3.